The van der Waals surface area contributed by atoms with Crippen molar-refractivity contribution in [2.75, 3.05) is 5.32 Å². The molecular formula is C14H14BrN3O2. The lowest BCUT2D eigenvalue weighted by Crippen LogP contribution is -2.37. The molecule has 0 aliphatic heterocycles. The van der Waals surface area contributed by atoms with Crippen LogP contribution in [0.4, 0.5) is 5.82 Å². The number of carbonyl (C=O) groups is 1. The first-order chi connectivity index (χ1) is 9.54. The second-order valence-electron chi connectivity index (χ2n) is 4.33. The Balaban J connectivity index is 1.94. The number of nitrogens with one attached hydrogen (secondary N) is 1. The fourth-order valence-electron chi connectivity index (χ4n) is 1.65. The fourth-order valence-corrected chi connectivity index (χ4v) is 1.88. The van der Waals surface area contributed by atoms with Crippen LogP contribution < -0.4 is 11.1 Å². The van der Waals surface area contributed by atoms with Gasteiger partial charge in [0.05, 0.1) is 6.04 Å². The maximum absolute atomic E-state index is 11.9. The Morgan fingerprint density at radius 2 is 2.00 bits per heavy atom. The summed E-state index contributed by atoms with van der Waals surface area (Å²) in [5, 5.41) is 11.8. The molecule has 1 aromatic heterocycles. The molecule has 4 N–H and O–H groups in total. The van der Waals surface area contributed by atoms with Gasteiger partial charge >= 0.3 is 0 Å². The van der Waals surface area contributed by atoms with Gasteiger partial charge in [-0.05, 0) is 52.2 Å². The second-order valence-corrected chi connectivity index (χ2v) is 5.24. The van der Waals surface area contributed by atoms with Crippen molar-refractivity contribution in [3.63, 3.8) is 0 Å². The van der Waals surface area contributed by atoms with E-state index in [1.807, 2.05) is 0 Å². The molecule has 0 bridgehead atoms. The third-order valence-corrected chi connectivity index (χ3v) is 3.18. The average molecular weight is 336 g/mol. The minimum Gasteiger partial charge on any atom is -0.508 e. The summed E-state index contributed by atoms with van der Waals surface area (Å²) in [7, 11) is 0. The normalized spacial score (nSPS) is 11.9. The molecule has 0 aliphatic rings. The largest absolute Gasteiger partial charge is 0.508 e. The van der Waals surface area contributed by atoms with Gasteiger partial charge < -0.3 is 16.2 Å². The molecule has 1 heterocycles. The number of hydrogen-bond acceptors (Lipinski definition) is 4. The molecule has 1 atom stereocenters. The summed E-state index contributed by atoms with van der Waals surface area (Å²) in [5.41, 5.74) is 6.74. The predicted molar refractivity (Wildman–Crippen MR) is 80.4 cm³/mol. The van der Waals surface area contributed by atoms with E-state index in [1.165, 1.54) is 0 Å². The maximum Gasteiger partial charge on any atom is 0.242 e. The number of nitrogens with zero attached hydrogens (tertiary/aromatic N) is 1. The molecule has 0 spiro atoms. The SMILES string of the molecule is NC(Cc1ccc(O)cc1)C(=O)Nc1ccc(Br)cn1. The van der Waals surface area contributed by atoms with E-state index in [9.17, 15) is 9.90 Å². The Morgan fingerprint density at radius 1 is 1.30 bits per heavy atom. The Labute approximate surface area is 125 Å². The molecule has 1 unspecified atom stereocenters. The van der Waals surface area contributed by atoms with E-state index in [0.717, 1.165) is 10.0 Å². The van der Waals surface area contributed by atoms with E-state index in [0.29, 0.717) is 12.2 Å². The molecule has 104 valence electrons. The van der Waals surface area contributed by atoms with Crippen LogP contribution >= 0.6 is 15.9 Å². The number of phenolic OH excluding ortho intramolecular Hbond substituents is 1. The second kappa shape index (κ2) is 6.49. The number of aromatic nitrogens is 1. The molecule has 0 radical (unpaired) electrons. The Kier molecular flexibility index (Phi) is 4.70. The minimum atomic E-state index is -0.676. The van der Waals surface area contributed by atoms with Crippen molar-refractivity contribution in [1.29, 1.82) is 0 Å². The first kappa shape index (κ1) is 14.5. The minimum absolute atomic E-state index is 0.186. The molecule has 0 saturated carbocycles. The summed E-state index contributed by atoms with van der Waals surface area (Å²) < 4.78 is 0.837. The number of carbonyl (C=O) groups excluding carboxylic acids is 1. The highest BCUT2D eigenvalue weighted by atomic mass is 79.9. The van der Waals surface area contributed by atoms with Crippen molar-refractivity contribution in [2.45, 2.75) is 12.5 Å². The molecule has 20 heavy (non-hydrogen) atoms. The highest BCUT2D eigenvalue weighted by molar-refractivity contribution is 9.10. The number of halogens is 1. The van der Waals surface area contributed by atoms with E-state index in [2.05, 4.69) is 26.2 Å². The van der Waals surface area contributed by atoms with Crippen LogP contribution in [-0.4, -0.2) is 22.0 Å². The van der Waals surface area contributed by atoms with Crippen LogP contribution in [0, 0.1) is 0 Å². The Morgan fingerprint density at radius 3 is 2.60 bits per heavy atom. The lowest BCUT2D eigenvalue weighted by molar-refractivity contribution is -0.117. The molecule has 6 heteroatoms. The van der Waals surface area contributed by atoms with Gasteiger partial charge in [0, 0.05) is 10.7 Å². The summed E-state index contributed by atoms with van der Waals surface area (Å²) in [6, 6.07) is 9.40. The van der Waals surface area contributed by atoms with Crippen molar-refractivity contribution in [2.24, 2.45) is 5.73 Å². The smallest absolute Gasteiger partial charge is 0.242 e. The first-order valence-electron chi connectivity index (χ1n) is 6.00. The molecular weight excluding hydrogens is 322 g/mol. The van der Waals surface area contributed by atoms with Crippen molar-refractivity contribution in [3.8, 4) is 5.75 Å². The van der Waals surface area contributed by atoms with Crippen molar-refractivity contribution >= 4 is 27.7 Å². The Hall–Kier alpha value is -1.92. The Bertz CT molecular complexity index is 584. The lowest BCUT2D eigenvalue weighted by Gasteiger charge is -2.12. The third kappa shape index (κ3) is 4.04. The summed E-state index contributed by atoms with van der Waals surface area (Å²) in [6.07, 6.45) is 1.99. The van der Waals surface area contributed by atoms with Gasteiger partial charge in [-0.2, -0.15) is 0 Å². The average Bonchev–Trinajstić information content (AvgIpc) is 2.44. The van der Waals surface area contributed by atoms with Gasteiger partial charge in [0.25, 0.3) is 0 Å². The molecule has 1 amide bonds. The number of hydrogen-bond donors (Lipinski definition) is 3. The number of phenols is 1. The molecule has 2 rings (SSSR count). The van der Waals surface area contributed by atoms with Gasteiger partial charge in [0.1, 0.15) is 11.6 Å². The van der Waals surface area contributed by atoms with E-state index in [-0.39, 0.29) is 11.7 Å². The van der Waals surface area contributed by atoms with Gasteiger partial charge in [0.15, 0.2) is 0 Å². The van der Waals surface area contributed by atoms with Crippen LogP contribution in [0.1, 0.15) is 5.56 Å². The van der Waals surface area contributed by atoms with Gasteiger partial charge in [-0.15, -0.1) is 0 Å². The number of anilines is 1. The highest BCUT2D eigenvalue weighted by Gasteiger charge is 2.14. The molecule has 0 saturated heterocycles. The third-order valence-electron chi connectivity index (χ3n) is 2.71. The topological polar surface area (TPSA) is 88.2 Å². The van der Waals surface area contributed by atoms with Crippen LogP contribution in [0.5, 0.6) is 5.75 Å². The van der Waals surface area contributed by atoms with E-state index >= 15 is 0 Å². The number of nitrogens with two attached hydrogens (primary N) is 1. The quantitative estimate of drug-likeness (QED) is 0.797. The van der Waals surface area contributed by atoms with Crippen molar-refractivity contribution < 1.29 is 9.90 Å². The van der Waals surface area contributed by atoms with Crippen LogP contribution in [0.15, 0.2) is 47.1 Å². The van der Waals surface area contributed by atoms with Crippen LogP contribution in [0.3, 0.4) is 0 Å². The predicted octanol–water partition coefficient (Wildman–Crippen LogP) is 2.06. The zero-order valence-electron chi connectivity index (χ0n) is 10.6. The van der Waals surface area contributed by atoms with Gasteiger partial charge in [-0.3, -0.25) is 4.79 Å². The molecule has 0 aliphatic carbocycles. The van der Waals surface area contributed by atoms with Crippen molar-refractivity contribution in [3.05, 3.63) is 52.6 Å². The number of pyridine rings is 1. The monoisotopic (exact) mass is 335 g/mol. The molecule has 2 aromatic rings. The number of amides is 1. The van der Waals surface area contributed by atoms with E-state index in [4.69, 9.17) is 5.73 Å². The fraction of sp³-hybridized carbons (Fsp3) is 0.143. The number of benzene rings is 1. The molecule has 1 aromatic carbocycles. The lowest BCUT2D eigenvalue weighted by atomic mass is 10.1. The van der Waals surface area contributed by atoms with Crippen LogP contribution in [-0.2, 0) is 11.2 Å². The zero-order chi connectivity index (χ0) is 14.5. The molecule has 0 fully saturated rings. The number of aromatic hydroxyl groups is 1. The summed E-state index contributed by atoms with van der Waals surface area (Å²) in [4.78, 5) is 16.0. The van der Waals surface area contributed by atoms with Crippen LogP contribution in [0.25, 0.3) is 0 Å². The maximum atomic E-state index is 11.9. The summed E-state index contributed by atoms with van der Waals surface area (Å²) >= 11 is 3.27. The molecule has 5 nitrogen and oxygen atoms in total. The summed E-state index contributed by atoms with van der Waals surface area (Å²) in [5.74, 6) is 0.345. The van der Waals surface area contributed by atoms with Gasteiger partial charge in [-0.25, -0.2) is 4.98 Å². The van der Waals surface area contributed by atoms with E-state index in [1.54, 1.807) is 42.6 Å². The first-order valence-corrected chi connectivity index (χ1v) is 6.80. The standard InChI is InChI=1S/C14H14BrN3O2/c15-10-3-6-13(17-8-10)18-14(20)12(16)7-9-1-4-11(19)5-2-9/h1-6,8,12,19H,7,16H2,(H,17,18,20). The zero-order valence-corrected chi connectivity index (χ0v) is 12.2. The number of rotatable bonds is 4. The highest BCUT2D eigenvalue weighted by Crippen LogP contribution is 2.13. The van der Waals surface area contributed by atoms with Crippen LogP contribution in [0.2, 0.25) is 0 Å². The van der Waals surface area contributed by atoms with Crippen molar-refractivity contribution in [1.82, 2.24) is 4.98 Å². The van der Waals surface area contributed by atoms with E-state index < -0.39 is 6.04 Å². The van der Waals surface area contributed by atoms with Gasteiger partial charge in [0.2, 0.25) is 5.91 Å². The van der Waals surface area contributed by atoms with Gasteiger partial charge in [-0.1, -0.05) is 12.1 Å². The summed E-state index contributed by atoms with van der Waals surface area (Å²) in [6.45, 7) is 0.